The Kier molecular flexibility index (Phi) is 6.26. The quantitative estimate of drug-likeness (QED) is 0.706. The summed E-state index contributed by atoms with van der Waals surface area (Å²) in [5.74, 6) is -0.580. The van der Waals surface area contributed by atoms with Crippen molar-refractivity contribution in [2.24, 2.45) is 0 Å². The van der Waals surface area contributed by atoms with Gasteiger partial charge in [0.05, 0.1) is 21.1 Å². The van der Waals surface area contributed by atoms with Crippen molar-refractivity contribution < 1.29 is 18.0 Å². The third kappa shape index (κ3) is 4.76. The number of halogens is 1. The standard InChI is InChI=1S/C20H21ClN2O4S2/c1-11-4-5-14(21)9-16(11)22-19(24)8-12(2)29(26,27)15-6-7-18-17(10-15)23-20(25)13(3)28-18/h4-7,9-10,12-13H,8H2,1-3H3,(H,22,24)(H,23,25)/t12-,13+/m0/s1. The second-order valence-corrected chi connectivity index (χ2v) is 11.2. The molecular formula is C20H21ClN2O4S2. The van der Waals surface area contributed by atoms with E-state index in [9.17, 15) is 18.0 Å². The van der Waals surface area contributed by atoms with Crippen LogP contribution in [0.3, 0.4) is 0 Å². The molecule has 2 amide bonds. The molecule has 2 atom stereocenters. The monoisotopic (exact) mass is 452 g/mol. The maximum atomic E-state index is 13.0. The second-order valence-electron chi connectivity index (χ2n) is 6.97. The first-order chi connectivity index (χ1) is 13.6. The third-order valence-electron chi connectivity index (χ3n) is 4.69. The fourth-order valence-corrected chi connectivity index (χ4v) is 5.38. The summed E-state index contributed by atoms with van der Waals surface area (Å²) in [6, 6.07) is 9.77. The molecular weight excluding hydrogens is 432 g/mol. The van der Waals surface area contributed by atoms with Crippen LogP contribution in [0.25, 0.3) is 0 Å². The van der Waals surface area contributed by atoms with Crippen LogP contribution in [-0.4, -0.2) is 30.7 Å². The summed E-state index contributed by atoms with van der Waals surface area (Å²) < 4.78 is 25.9. The Balaban J connectivity index is 1.75. The molecule has 0 spiro atoms. The Morgan fingerprint density at radius 3 is 2.72 bits per heavy atom. The highest BCUT2D eigenvalue weighted by atomic mass is 35.5. The fourth-order valence-electron chi connectivity index (χ4n) is 2.90. The van der Waals surface area contributed by atoms with Crippen molar-refractivity contribution in [2.75, 3.05) is 10.6 Å². The summed E-state index contributed by atoms with van der Waals surface area (Å²) in [5, 5.41) is 4.76. The fraction of sp³-hybridized carbons (Fsp3) is 0.300. The Bertz CT molecular complexity index is 1090. The van der Waals surface area contributed by atoms with E-state index in [2.05, 4.69) is 10.6 Å². The van der Waals surface area contributed by atoms with Crippen molar-refractivity contribution >= 4 is 56.4 Å². The molecule has 0 saturated carbocycles. The van der Waals surface area contributed by atoms with Gasteiger partial charge in [0.15, 0.2) is 9.84 Å². The van der Waals surface area contributed by atoms with Gasteiger partial charge in [0.1, 0.15) is 0 Å². The number of fused-ring (bicyclic) bond motifs is 1. The van der Waals surface area contributed by atoms with Gasteiger partial charge in [-0.15, -0.1) is 11.8 Å². The molecule has 0 unspecified atom stereocenters. The van der Waals surface area contributed by atoms with Crippen molar-refractivity contribution in [3.8, 4) is 0 Å². The first-order valence-electron chi connectivity index (χ1n) is 8.99. The lowest BCUT2D eigenvalue weighted by Crippen LogP contribution is -2.27. The van der Waals surface area contributed by atoms with Gasteiger partial charge >= 0.3 is 0 Å². The third-order valence-corrected chi connectivity index (χ3v) is 8.24. The van der Waals surface area contributed by atoms with Crippen molar-refractivity contribution in [1.29, 1.82) is 0 Å². The van der Waals surface area contributed by atoms with E-state index in [0.717, 1.165) is 10.5 Å². The number of sulfone groups is 1. The van der Waals surface area contributed by atoms with E-state index in [-0.39, 0.29) is 22.5 Å². The molecule has 154 valence electrons. The number of hydrogen-bond donors (Lipinski definition) is 2. The molecule has 9 heteroatoms. The summed E-state index contributed by atoms with van der Waals surface area (Å²) in [5.41, 5.74) is 1.86. The van der Waals surface area contributed by atoms with Crippen LogP contribution in [0.15, 0.2) is 46.2 Å². The number of thioether (sulfide) groups is 1. The van der Waals surface area contributed by atoms with Gasteiger partial charge in [0, 0.05) is 22.0 Å². The van der Waals surface area contributed by atoms with Crippen LogP contribution in [0, 0.1) is 6.92 Å². The maximum Gasteiger partial charge on any atom is 0.237 e. The first kappa shape index (κ1) is 21.7. The zero-order chi connectivity index (χ0) is 21.3. The Morgan fingerprint density at radius 1 is 1.28 bits per heavy atom. The molecule has 3 rings (SSSR count). The lowest BCUT2D eigenvalue weighted by Gasteiger charge is -2.22. The van der Waals surface area contributed by atoms with Crippen molar-refractivity contribution in [3.63, 3.8) is 0 Å². The molecule has 29 heavy (non-hydrogen) atoms. The molecule has 0 aliphatic carbocycles. The molecule has 2 aromatic rings. The molecule has 1 aliphatic rings. The Hall–Kier alpha value is -2.03. The van der Waals surface area contributed by atoms with Crippen LogP contribution in [0.1, 0.15) is 25.8 Å². The number of amides is 2. The number of carbonyl (C=O) groups excluding carboxylic acids is 2. The molecule has 0 fully saturated rings. The Morgan fingerprint density at radius 2 is 2.00 bits per heavy atom. The largest absolute Gasteiger partial charge is 0.326 e. The van der Waals surface area contributed by atoms with Gasteiger partial charge in [-0.25, -0.2) is 8.42 Å². The van der Waals surface area contributed by atoms with E-state index < -0.39 is 21.0 Å². The normalized spacial score (nSPS) is 17.2. The van der Waals surface area contributed by atoms with Crippen LogP contribution in [-0.2, 0) is 19.4 Å². The lowest BCUT2D eigenvalue weighted by atomic mass is 10.2. The van der Waals surface area contributed by atoms with Crippen LogP contribution in [0.4, 0.5) is 11.4 Å². The van der Waals surface area contributed by atoms with Gasteiger partial charge in [0.2, 0.25) is 11.8 Å². The van der Waals surface area contributed by atoms with E-state index in [1.807, 2.05) is 6.92 Å². The van der Waals surface area contributed by atoms with Crippen LogP contribution in [0.5, 0.6) is 0 Å². The minimum absolute atomic E-state index is 0.0749. The van der Waals surface area contributed by atoms with E-state index in [0.29, 0.717) is 16.4 Å². The van der Waals surface area contributed by atoms with Crippen molar-refractivity contribution in [2.45, 2.75) is 47.5 Å². The van der Waals surface area contributed by atoms with Gasteiger partial charge < -0.3 is 10.6 Å². The molecule has 1 aliphatic heterocycles. The predicted molar refractivity (Wildman–Crippen MR) is 116 cm³/mol. The van der Waals surface area contributed by atoms with Crippen LogP contribution < -0.4 is 10.6 Å². The van der Waals surface area contributed by atoms with Crippen LogP contribution in [0.2, 0.25) is 5.02 Å². The molecule has 0 radical (unpaired) electrons. The lowest BCUT2D eigenvalue weighted by molar-refractivity contribution is -0.116. The smallest absolute Gasteiger partial charge is 0.237 e. The number of benzene rings is 2. The van der Waals surface area contributed by atoms with E-state index in [1.165, 1.54) is 30.8 Å². The molecule has 0 bridgehead atoms. The highest BCUT2D eigenvalue weighted by molar-refractivity contribution is 8.01. The predicted octanol–water partition coefficient (Wildman–Crippen LogP) is 4.27. The average Bonchev–Trinajstić information content (AvgIpc) is 2.65. The zero-order valence-corrected chi connectivity index (χ0v) is 18.5. The minimum atomic E-state index is -3.76. The summed E-state index contributed by atoms with van der Waals surface area (Å²) in [6.07, 6.45) is -0.205. The minimum Gasteiger partial charge on any atom is -0.326 e. The first-order valence-corrected chi connectivity index (χ1v) is 11.8. The number of aryl methyl sites for hydroxylation is 1. The van der Waals surface area contributed by atoms with Crippen molar-refractivity contribution in [3.05, 3.63) is 47.0 Å². The number of hydrogen-bond acceptors (Lipinski definition) is 5. The zero-order valence-electron chi connectivity index (χ0n) is 16.2. The van der Waals surface area contributed by atoms with Gasteiger partial charge in [-0.3, -0.25) is 9.59 Å². The summed E-state index contributed by atoms with van der Waals surface area (Å²) in [6.45, 7) is 5.11. The second kappa shape index (κ2) is 8.38. The van der Waals surface area contributed by atoms with E-state index in [1.54, 1.807) is 31.2 Å². The van der Waals surface area contributed by atoms with Gasteiger partial charge in [0.25, 0.3) is 0 Å². The topological polar surface area (TPSA) is 92.3 Å². The van der Waals surface area contributed by atoms with Gasteiger partial charge in [-0.05, 0) is 56.7 Å². The highest BCUT2D eigenvalue weighted by Crippen LogP contribution is 2.37. The van der Waals surface area contributed by atoms with E-state index in [4.69, 9.17) is 11.6 Å². The van der Waals surface area contributed by atoms with Crippen molar-refractivity contribution in [1.82, 2.24) is 0 Å². The number of carbonyl (C=O) groups is 2. The number of nitrogens with one attached hydrogen (secondary N) is 2. The molecule has 2 aromatic carbocycles. The maximum absolute atomic E-state index is 13.0. The summed E-state index contributed by atoms with van der Waals surface area (Å²) >= 11 is 7.34. The average molecular weight is 453 g/mol. The highest BCUT2D eigenvalue weighted by Gasteiger charge is 2.29. The molecule has 1 heterocycles. The number of rotatable bonds is 5. The van der Waals surface area contributed by atoms with Gasteiger partial charge in [-0.2, -0.15) is 0 Å². The summed E-state index contributed by atoms with van der Waals surface area (Å²) in [7, 11) is -3.76. The molecule has 6 nitrogen and oxygen atoms in total. The summed E-state index contributed by atoms with van der Waals surface area (Å²) in [4.78, 5) is 25.2. The number of anilines is 2. The molecule has 0 aromatic heterocycles. The van der Waals surface area contributed by atoms with Gasteiger partial charge in [-0.1, -0.05) is 17.7 Å². The van der Waals surface area contributed by atoms with Crippen LogP contribution >= 0.6 is 23.4 Å². The molecule has 2 N–H and O–H groups in total. The SMILES string of the molecule is Cc1ccc(Cl)cc1NC(=O)C[C@H](C)S(=O)(=O)c1ccc2c(c1)NC(=O)[C@@H](C)S2. The van der Waals surface area contributed by atoms with E-state index >= 15 is 0 Å². The Labute approximate surface area is 179 Å². The molecule has 0 saturated heterocycles.